The number of aromatic nitrogens is 1. The third-order valence-electron chi connectivity index (χ3n) is 3.86. The van der Waals surface area contributed by atoms with Crippen LogP contribution in [0.25, 0.3) is 0 Å². The van der Waals surface area contributed by atoms with Crippen LogP contribution in [0, 0.1) is 5.82 Å². The van der Waals surface area contributed by atoms with Crippen molar-refractivity contribution in [2.45, 2.75) is 43.1 Å². The fraction of sp³-hybridized carbons (Fsp3) is 0.438. The van der Waals surface area contributed by atoms with Crippen LogP contribution in [0.3, 0.4) is 0 Å². The molecule has 0 amide bonds. The number of nitrogens with zero attached hydrogens (tertiary/aromatic N) is 1. The summed E-state index contributed by atoms with van der Waals surface area (Å²) >= 11 is 1.68. The van der Waals surface area contributed by atoms with Gasteiger partial charge in [0.05, 0.1) is 22.2 Å². The minimum atomic E-state index is -1.12. The lowest BCUT2D eigenvalue weighted by molar-refractivity contribution is 0.615. The molecule has 5 heteroatoms. The van der Waals surface area contributed by atoms with Crippen molar-refractivity contribution in [2.24, 2.45) is 0 Å². The monoisotopic (exact) mass is 323 g/mol. The van der Waals surface area contributed by atoms with Crippen molar-refractivity contribution < 1.29 is 8.60 Å². The van der Waals surface area contributed by atoms with E-state index < -0.39 is 10.8 Å². The van der Waals surface area contributed by atoms with Crippen LogP contribution >= 0.6 is 11.3 Å². The van der Waals surface area contributed by atoms with Crippen molar-refractivity contribution in [3.05, 3.63) is 51.7 Å². The Kier molecular flexibility index (Phi) is 4.80. The second-order valence-corrected chi connectivity index (χ2v) is 7.83. The Balaban J connectivity index is 1.61. The minimum absolute atomic E-state index is 0.253. The lowest BCUT2D eigenvalue weighted by atomic mass is 10.1. The molecule has 3 rings (SSSR count). The molecule has 1 aromatic heterocycles. The average Bonchev–Trinajstić information content (AvgIpc) is 3.12. The summed E-state index contributed by atoms with van der Waals surface area (Å²) in [7, 11) is -1.12. The van der Waals surface area contributed by atoms with Gasteiger partial charge >= 0.3 is 0 Å². The van der Waals surface area contributed by atoms with Gasteiger partial charge in [0.1, 0.15) is 5.82 Å². The van der Waals surface area contributed by atoms with Gasteiger partial charge in [0, 0.05) is 27.7 Å². The zero-order valence-corrected chi connectivity index (χ0v) is 13.4. The van der Waals surface area contributed by atoms with Crippen molar-refractivity contribution in [1.82, 2.24) is 4.98 Å². The number of rotatable bonds is 5. The maximum Gasteiger partial charge on any atom is 0.127 e. The molecule has 1 atom stereocenters. The molecule has 0 N–H and O–H groups in total. The topological polar surface area (TPSA) is 30.0 Å². The van der Waals surface area contributed by atoms with E-state index in [0.29, 0.717) is 17.2 Å². The van der Waals surface area contributed by atoms with Crippen LogP contribution in [0.2, 0.25) is 0 Å². The molecule has 1 saturated carbocycles. The number of benzene rings is 1. The molecule has 21 heavy (non-hydrogen) atoms. The highest BCUT2D eigenvalue weighted by Crippen LogP contribution is 2.35. The molecule has 1 heterocycles. The van der Waals surface area contributed by atoms with E-state index in [1.165, 1.54) is 36.8 Å². The second kappa shape index (κ2) is 6.79. The molecule has 0 radical (unpaired) electrons. The SMILES string of the molecule is O=S(Cc1csc(C2CCCC2)n1)Cc1ccccc1F. The number of hydrogen-bond acceptors (Lipinski definition) is 3. The van der Waals surface area contributed by atoms with Crippen molar-refractivity contribution in [3.8, 4) is 0 Å². The van der Waals surface area contributed by atoms with E-state index in [0.717, 1.165) is 5.69 Å². The van der Waals surface area contributed by atoms with Crippen molar-refractivity contribution in [1.29, 1.82) is 0 Å². The standard InChI is InChI=1S/C16H18FNOS2/c17-15-8-4-3-7-13(15)10-21(19)11-14-9-20-16(18-14)12-5-1-2-6-12/h3-4,7-9,12H,1-2,5-6,10-11H2. The molecule has 1 aliphatic carbocycles. The Hall–Kier alpha value is -1.07. The molecule has 112 valence electrons. The normalized spacial score (nSPS) is 17.2. The first-order valence-electron chi connectivity index (χ1n) is 7.25. The van der Waals surface area contributed by atoms with Crippen LogP contribution in [-0.4, -0.2) is 9.19 Å². The second-order valence-electron chi connectivity index (χ2n) is 5.48. The summed E-state index contributed by atoms with van der Waals surface area (Å²) < 4.78 is 25.7. The van der Waals surface area contributed by atoms with E-state index in [9.17, 15) is 8.60 Å². The van der Waals surface area contributed by atoms with Crippen LogP contribution in [0.5, 0.6) is 0 Å². The predicted molar refractivity (Wildman–Crippen MR) is 85.3 cm³/mol. The molecule has 0 bridgehead atoms. The lowest BCUT2D eigenvalue weighted by Crippen LogP contribution is -2.02. The van der Waals surface area contributed by atoms with Crippen LogP contribution in [-0.2, 0) is 22.3 Å². The van der Waals surface area contributed by atoms with Crippen LogP contribution < -0.4 is 0 Å². The highest BCUT2D eigenvalue weighted by molar-refractivity contribution is 7.83. The summed E-state index contributed by atoms with van der Waals surface area (Å²) in [6, 6.07) is 6.53. The Morgan fingerprint density at radius 3 is 2.76 bits per heavy atom. The Bertz CT molecular complexity index is 635. The average molecular weight is 323 g/mol. The largest absolute Gasteiger partial charge is 0.259 e. The van der Waals surface area contributed by atoms with E-state index >= 15 is 0 Å². The van der Waals surface area contributed by atoms with Gasteiger partial charge in [-0.05, 0) is 18.9 Å². The van der Waals surface area contributed by atoms with Crippen molar-refractivity contribution in [2.75, 3.05) is 0 Å². The molecule has 1 fully saturated rings. The molecule has 0 saturated heterocycles. The summed E-state index contributed by atoms with van der Waals surface area (Å²) in [4.78, 5) is 4.63. The third kappa shape index (κ3) is 3.77. The van der Waals surface area contributed by atoms with E-state index in [1.54, 1.807) is 29.5 Å². The zero-order valence-electron chi connectivity index (χ0n) is 11.8. The van der Waals surface area contributed by atoms with Crippen molar-refractivity contribution in [3.63, 3.8) is 0 Å². The molecular weight excluding hydrogens is 305 g/mol. The zero-order chi connectivity index (χ0) is 14.7. The Morgan fingerprint density at radius 2 is 2.00 bits per heavy atom. The van der Waals surface area contributed by atoms with Crippen LogP contribution in [0.1, 0.15) is 47.9 Å². The first-order valence-corrected chi connectivity index (χ1v) is 9.62. The Labute approximate surface area is 130 Å². The van der Waals surface area contributed by atoms with Gasteiger partial charge in [0.25, 0.3) is 0 Å². The van der Waals surface area contributed by atoms with Crippen LogP contribution in [0.15, 0.2) is 29.6 Å². The number of halogens is 1. The molecule has 2 aromatic rings. The number of thiazole rings is 1. The maximum atomic E-state index is 13.5. The van der Waals surface area contributed by atoms with Gasteiger partial charge in [-0.3, -0.25) is 4.21 Å². The van der Waals surface area contributed by atoms with E-state index in [-0.39, 0.29) is 11.6 Å². The first kappa shape index (κ1) is 14.9. The highest BCUT2D eigenvalue weighted by Gasteiger charge is 2.20. The quantitative estimate of drug-likeness (QED) is 0.817. The van der Waals surface area contributed by atoms with E-state index in [4.69, 9.17) is 0 Å². The molecule has 2 nitrogen and oxygen atoms in total. The minimum Gasteiger partial charge on any atom is -0.259 e. The van der Waals surface area contributed by atoms with Gasteiger partial charge in [0.15, 0.2) is 0 Å². The summed E-state index contributed by atoms with van der Waals surface area (Å²) in [5, 5.41) is 3.19. The van der Waals surface area contributed by atoms with Gasteiger partial charge in [-0.25, -0.2) is 9.37 Å². The van der Waals surface area contributed by atoms with E-state index in [1.807, 2.05) is 5.38 Å². The maximum absolute atomic E-state index is 13.5. The van der Waals surface area contributed by atoms with E-state index in [2.05, 4.69) is 4.98 Å². The summed E-state index contributed by atoms with van der Waals surface area (Å²) in [5.41, 5.74) is 1.40. The third-order valence-corrected chi connectivity index (χ3v) is 6.16. The first-order chi connectivity index (χ1) is 10.2. The smallest absolute Gasteiger partial charge is 0.127 e. The van der Waals surface area contributed by atoms with Gasteiger partial charge in [0.2, 0.25) is 0 Å². The molecule has 0 spiro atoms. The van der Waals surface area contributed by atoms with Gasteiger partial charge in [-0.2, -0.15) is 0 Å². The summed E-state index contributed by atoms with van der Waals surface area (Å²) in [5.74, 6) is 0.986. The molecule has 1 aromatic carbocycles. The van der Waals surface area contributed by atoms with Crippen molar-refractivity contribution >= 4 is 22.1 Å². The Morgan fingerprint density at radius 1 is 1.24 bits per heavy atom. The predicted octanol–water partition coefficient (Wildman–Crippen LogP) is 4.39. The van der Waals surface area contributed by atoms with Crippen LogP contribution in [0.4, 0.5) is 4.39 Å². The summed E-state index contributed by atoms with van der Waals surface area (Å²) in [6.07, 6.45) is 5.04. The van der Waals surface area contributed by atoms with Gasteiger partial charge in [-0.15, -0.1) is 11.3 Å². The fourth-order valence-electron chi connectivity index (χ4n) is 2.75. The highest BCUT2D eigenvalue weighted by atomic mass is 32.2. The lowest BCUT2D eigenvalue weighted by Gasteiger charge is -2.04. The van der Waals surface area contributed by atoms with Gasteiger partial charge in [-0.1, -0.05) is 31.0 Å². The molecule has 0 aliphatic heterocycles. The summed E-state index contributed by atoms with van der Waals surface area (Å²) in [6.45, 7) is 0. The molecule has 1 unspecified atom stereocenters. The van der Waals surface area contributed by atoms with Gasteiger partial charge < -0.3 is 0 Å². The number of hydrogen-bond donors (Lipinski definition) is 0. The molecular formula is C16H18FNOS2. The molecule has 1 aliphatic rings. The fourth-order valence-corrected chi connectivity index (χ4v) is 5.01.